The molecule has 0 radical (unpaired) electrons. The molecule has 0 aromatic heterocycles. The maximum Gasteiger partial charge on any atom is 0.0725 e. The van der Waals surface area contributed by atoms with Crippen LogP contribution in [0, 0.1) is 0 Å². The Morgan fingerprint density at radius 1 is 1.57 bits per heavy atom. The first kappa shape index (κ1) is 11.9. The second kappa shape index (κ2) is 5.10. The van der Waals surface area contributed by atoms with Gasteiger partial charge in [0.05, 0.1) is 8.07 Å². The Bertz CT molecular complexity index is 192. The summed E-state index contributed by atoms with van der Waals surface area (Å²) in [5, 5.41) is 3.49. The molecule has 1 saturated heterocycles. The van der Waals surface area contributed by atoms with Crippen LogP contribution >= 0.6 is 0 Å². The quantitative estimate of drug-likeness (QED) is 0.714. The van der Waals surface area contributed by atoms with Crippen LogP contribution < -0.4 is 5.32 Å². The molecule has 0 amide bonds. The van der Waals surface area contributed by atoms with Gasteiger partial charge in [-0.15, -0.1) is 12.3 Å². The number of likely N-dealkylation sites (N-methyl/N-ethyl adjacent to an activating group) is 1. The molecule has 0 bridgehead atoms. The summed E-state index contributed by atoms with van der Waals surface area (Å²) in [7, 11) is -1.14. The normalized spacial score (nSPS) is 24.9. The molecule has 1 aliphatic rings. The average molecular weight is 212 g/mol. The molecule has 1 aliphatic heterocycles. The van der Waals surface area contributed by atoms with Crippen molar-refractivity contribution in [3.63, 3.8) is 0 Å². The van der Waals surface area contributed by atoms with Crippen LogP contribution in [0.2, 0.25) is 19.1 Å². The predicted molar refractivity (Wildman–Crippen MR) is 66.4 cm³/mol. The maximum atomic E-state index is 3.97. The second-order valence-electron chi connectivity index (χ2n) is 4.88. The zero-order chi connectivity index (χ0) is 10.6. The van der Waals surface area contributed by atoms with Gasteiger partial charge in [-0.2, -0.15) is 0 Å². The minimum absolute atomic E-state index is 0.744. The summed E-state index contributed by atoms with van der Waals surface area (Å²) in [6.07, 6.45) is 0. The molecular weight excluding hydrogens is 188 g/mol. The highest BCUT2D eigenvalue weighted by Crippen LogP contribution is 2.18. The van der Waals surface area contributed by atoms with E-state index in [-0.39, 0.29) is 0 Å². The molecule has 1 atom stereocenters. The fraction of sp³-hybridized carbons (Fsp3) is 0.818. The van der Waals surface area contributed by atoms with Crippen LogP contribution in [0.1, 0.15) is 6.92 Å². The van der Waals surface area contributed by atoms with Crippen LogP contribution in [0.4, 0.5) is 0 Å². The van der Waals surface area contributed by atoms with E-state index in [1.807, 2.05) is 0 Å². The smallest absolute Gasteiger partial charge is 0.0725 e. The molecule has 0 saturated carbocycles. The van der Waals surface area contributed by atoms with Crippen LogP contribution in [0.5, 0.6) is 0 Å². The Balaban J connectivity index is 2.52. The summed E-state index contributed by atoms with van der Waals surface area (Å²) in [5.41, 5.74) is 2.22. The zero-order valence-electron chi connectivity index (χ0n) is 9.84. The molecule has 1 rings (SSSR count). The fourth-order valence-corrected chi connectivity index (χ4v) is 3.89. The number of nitrogens with one attached hydrogen (secondary N) is 1. The van der Waals surface area contributed by atoms with Gasteiger partial charge in [0.1, 0.15) is 0 Å². The molecule has 0 spiro atoms. The SMILES string of the molecule is C=C[Si](C)(C)CC1CNCCN1CC. The van der Waals surface area contributed by atoms with Crippen molar-refractivity contribution in [2.24, 2.45) is 0 Å². The third kappa shape index (κ3) is 3.22. The average Bonchev–Trinajstić information content (AvgIpc) is 2.18. The van der Waals surface area contributed by atoms with Crippen LogP contribution in [-0.4, -0.2) is 45.2 Å². The van der Waals surface area contributed by atoms with Gasteiger partial charge < -0.3 is 5.32 Å². The van der Waals surface area contributed by atoms with Crippen molar-refractivity contribution in [2.75, 3.05) is 26.2 Å². The summed E-state index contributed by atoms with van der Waals surface area (Å²) in [6, 6.07) is 2.09. The van der Waals surface area contributed by atoms with E-state index in [1.165, 1.54) is 19.1 Å². The number of nitrogens with zero attached hydrogens (tertiary/aromatic N) is 1. The number of hydrogen-bond acceptors (Lipinski definition) is 2. The van der Waals surface area contributed by atoms with Crippen molar-refractivity contribution in [3.05, 3.63) is 12.3 Å². The van der Waals surface area contributed by atoms with E-state index in [9.17, 15) is 0 Å². The van der Waals surface area contributed by atoms with Gasteiger partial charge in [-0.1, -0.05) is 20.0 Å². The van der Waals surface area contributed by atoms with Gasteiger partial charge >= 0.3 is 0 Å². The predicted octanol–water partition coefficient (Wildman–Crippen LogP) is 1.71. The highest BCUT2D eigenvalue weighted by Gasteiger charge is 2.27. The lowest BCUT2D eigenvalue weighted by molar-refractivity contribution is 0.182. The van der Waals surface area contributed by atoms with Crippen LogP contribution in [-0.2, 0) is 0 Å². The zero-order valence-corrected chi connectivity index (χ0v) is 10.8. The summed E-state index contributed by atoms with van der Waals surface area (Å²) in [6.45, 7) is 15.8. The molecule has 3 heteroatoms. The molecule has 0 aliphatic carbocycles. The molecule has 1 unspecified atom stereocenters. The van der Waals surface area contributed by atoms with Crippen LogP contribution in [0.25, 0.3) is 0 Å². The van der Waals surface area contributed by atoms with Crippen molar-refractivity contribution >= 4 is 8.07 Å². The minimum Gasteiger partial charge on any atom is -0.314 e. The minimum atomic E-state index is -1.14. The molecule has 2 nitrogen and oxygen atoms in total. The lowest BCUT2D eigenvalue weighted by atomic mass is 10.2. The van der Waals surface area contributed by atoms with Crippen LogP contribution in [0.15, 0.2) is 12.3 Å². The molecule has 1 fully saturated rings. The monoisotopic (exact) mass is 212 g/mol. The Morgan fingerprint density at radius 2 is 2.29 bits per heavy atom. The van der Waals surface area contributed by atoms with Crippen molar-refractivity contribution in [2.45, 2.75) is 32.1 Å². The topological polar surface area (TPSA) is 15.3 Å². The van der Waals surface area contributed by atoms with Gasteiger partial charge in [-0.05, 0) is 12.6 Å². The number of hydrogen-bond donors (Lipinski definition) is 1. The molecular formula is C11H24N2Si. The highest BCUT2D eigenvalue weighted by molar-refractivity contribution is 6.82. The Labute approximate surface area is 89.4 Å². The van der Waals surface area contributed by atoms with E-state index >= 15 is 0 Å². The third-order valence-electron chi connectivity index (χ3n) is 3.19. The Hall–Kier alpha value is -0.123. The first-order chi connectivity index (χ1) is 6.59. The van der Waals surface area contributed by atoms with Crippen molar-refractivity contribution in [3.8, 4) is 0 Å². The van der Waals surface area contributed by atoms with Gasteiger partial charge in [-0.3, -0.25) is 4.90 Å². The van der Waals surface area contributed by atoms with E-state index < -0.39 is 8.07 Å². The first-order valence-corrected chi connectivity index (χ1v) is 8.96. The lowest BCUT2D eigenvalue weighted by Crippen LogP contribution is -2.53. The van der Waals surface area contributed by atoms with E-state index in [4.69, 9.17) is 0 Å². The van der Waals surface area contributed by atoms with E-state index in [0.29, 0.717) is 0 Å². The summed E-state index contributed by atoms with van der Waals surface area (Å²) < 4.78 is 0. The summed E-state index contributed by atoms with van der Waals surface area (Å²) in [4.78, 5) is 2.61. The van der Waals surface area contributed by atoms with E-state index in [2.05, 4.69) is 42.5 Å². The van der Waals surface area contributed by atoms with Crippen molar-refractivity contribution in [1.82, 2.24) is 10.2 Å². The summed E-state index contributed by atoms with van der Waals surface area (Å²) in [5.74, 6) is 0. The Kier molecular flexibility index (Phi) is 4.35. The summed E-state index contributed by atoms with van der Waals surface area (Å²) >= 11 is 0. The van der Waals surface area contributed by atoms with Gasteiger partial charge in [0.15, 0.2) is 0 Å². The van der Waals surface area contributed by atoms with Gasteiger partial charge in [0.2, 0.25) is 0 Å². The highest BCUT2D eigenvalue weighted by atomic mass is 28.3. The largest absolute Gasteiger partial charge is 0.314 e. The lowest BCUT2D eigenvalue weighted by Gasteiger charge is -2.38. The molecule has 82 valence electrons. The Morgan fingerprint density at radius 3 is 2.86 bits per heavy atom. The first-order valence-electron chi connectivity index (χ1n) is 5.67. The van der Waals surface area contributed by atoms with Gasteiger partial charge in [0.25, 0.3) is 0 Å². The fourth-order valence-electron chi connectivity index (χ4n) is 2.11. The van der Waals surface area contributed by atoms with Crippen LogP contribution in [0.3, 0.4) is 0 Å². The van der Waals surface area contributed by atoms with Gasteiger partial charge in [0, 0.05) is 25.7 Å². The van der Waals surface area contributed by atoms with Gasteiger partial charge in [-0.25, -0.2) is 0 Å². The molecule has 0 aromatic rings. The number of piperazine rings is 1. The maximum absolute atomic E-state index is 3.97. The third-order valence-corrected chi connectivity index (χ3v) is 5.82. The van der Waals surface area contributed by atoms with E-state index in [1.54, 1.807) is 0 Å². The molecule has 0 aromatic carbocycles. The second-order valence-corrected chi connectivity index (χ2v) is 9.68. The van der Waals surface area contributed by atoms with E-state index in [0.717, 1.165) is 19.1 Å². The van der Waals surface area contributed by atoms with Crippen molar-refractivity contribution in [1.29, 1.82) is 0 Å². The molecule has 1 heterocycles. The standard InChI is InChI=1S/C11H24N2Si/c1-5-13-8-7-12-9-11(13)10-14(3,4)6-2/h6,11-12H,2,5,7-10H2,1,3-4H3. The molecule has 1 N–H and O–H groups in total. The van der Waals surface area contributed by atoms with Crippen molar-refractivity contribution < 1.29 is 0 Å². The molecule has 14 heavy (non-hydrogen) atoms. The number of rotatable bonds is 4.